The van der Waals surface area contributed by atoms with E-state index in [1.165, 1.54) is 11.3 Å². The van der Waals surface area contributed by atoms with Crippen LogP contribution in [-0.2, 0) is 4.79 Å². The Balaban J connectivity index is 2.78. The Hall–Kier alpha value is -0.940. The average Bonchev–Trinajstić information content (AvgIpc) is 2.47. The molecule has 0 saturated heterocycles. The van der Waals surface area contributed by atoms with Gasteiger partial charge in [-0.15, -0.1) is 11.3 Å². The zero-order valence-electron chi connectivity index (χ0n) is 7.36. The molecule has 1 atom stereocenters. The van der Waals surface area contributed by atoms with Gasteiger partial charge in [-0.2, -0.15) is 0 Å². The number of nitrogens with zero attached hydrogens (tertiary/aromatic N) is 1. The number of nitrogens with two attached hydrogens (primary N) is 1. The topological polar surface area (TPSA) is 76.2 Å². The molecule has 3 N–H and O–H groups in total. The van der Waals surface area contributed by atoms with Gasteiger partial charge >= 0.3 is 5.97 Å². The Labute approximate surface area is 80.4 Å². The summed E-state index contributed by atoms with van der Waals surface area (Å²) in [4.78, 5) is 15.6. The molecule has 0 bridgehead atoms. The lowest BCUT2D eigenvalue weighted by atomic mass is 10.0. The van der Waals surface area contributed by atoms with Gasteiger partial charge in [-0.3, -0.25) is 4.79 Å². The van der Waals surface area contributed by atoms with Crippen LogP contribution >= 0.6 is 11.3 Å². The number of hydrogen-bond donors (Lipinski definition) is 2. The van der Waals surface area contributed by atoms with Gasteiger partial charge < -0.3 is 10.8 Å². The van der Waals surface area contributed by atoms with E-state index in [1.807, 2.05) is 6.92 Å². The van der Waals surface area contributed by atoms with Gasteiger partial charge in [-0.25, -0.2) is 4.98 Å². The molecule has 0 amide bonds. The Morgan fingerprint density at radius 2 is 2.54 bits per heavy atom. The summed E-state index contributed by atoms with van der Waals surface area (Å²) in [7, 11) is 0. The van der Waals surface area contributed by atoms with Gasteiger partial charge in [0.1, 0.15) is 0 Å². The molecule has 1 unspecified atom stereocenters. The Kier molecular flexibility index (Phi) is 3.39. The van der Waals surface area contributed by atoms with Crippen molar-refractivity contribution in [1.82, 2.24) is 4.98 Å². The fraction of sp³-hybridized carbons (Fsp3) is 0.500. The summed E-state index contributed by atoms with van der Waals surface area (Å²) in [5.41, 5.74) is 8.10. The van der Waals surface area contributed by atoms with Crippen LogP contribution < -0.4 is 5.73 Å². The highest BCUT2D eigenvalue weighted by atomic mass is 32.1. The summed E-state index contributed by atoms with van der Waals surface area (Å²) in [5.74, 6) is -0.909. The molecule has 5 heteroatoms. The molecule has 1 rings (SSSR count). The predicted octanol–water partition coefficient (Wildman–Crippen LogP) is 0.969. The number of aryl methyl sites for hydroxylation is 1. The lowest BCUT2D eigenvalue weighted by Crippen LogP contribution is -2.16. The molecule has 13 heavy (non-hydrogen) atoms. The summed E-state index contributed by atoms with van der Waals surface area (Å²) in [6.07, 6.45) is 0.0829. The molecule has 1 aromatic rings. The number of carboxylic acid groups (broad SMARTS) is 1. The molecule has 1 aromatic heterocycles. The fourth-order valence-electron chi connectivity index (χ4n) is 1.20. The molecular formula is C8H12N2O2S. The van der Waals surface area contributed by atoms with Gasteiger partial charge in [0.05, 0.1) is 17.6 Å². The molecule has 4 nitrogen and oxygen atoms in total. The number of thiazole rings is 1. The van der Waals surface area contributed by atoms with E-state index in [2.05, 4.69) is 4.98 Å². The first-order chi connectivity index (χ1) is 6.15. The van der Waals surface area contributed by atoms with E-state index >= 15 is 0 Å². The van der Waals surface area contributed by atoms with Crippen LogP contribution in [0, 0.1) is 6.92 Å². The molecule has 0 saturated carbocycles. The zero-order chi connectivity index (χ0) is 9.84. The summed E-state index contributed by atoms with van der Waals surface area (Å²) < 4.78 is 0. The van der Waals surface area contributed by atoms with E-state index in [1.54, 1.807) is 5.51 Å². The van der Waals surface area contributed by atoms with Gasteiger partial charge in [0.2, 0.25) is 0 Å². The minimum absolute atomic E-state index is 0.0829. The Morgan fingerprint density at radius 3 is 2.92 bits per heavy atom. The monoisotopic (exact) mass is 200 g/mol. The second-order valence-corrected chi connectivity index (χ2v) is 3.72. The first kappa shape index (κ1) is 10.1. The van der Waals surface area contributed by atoms with Crippen molar-refractivity contribution in [3.8, 4) is 0 Å². The maximum atomic E-state index is 10.5. The highest BCUT2D eigenvalue weighted by molar-refractivity contribution is 7.09. The molecule has 0 aliphatic heterocycles. The molecule has 0 aliphatic carbocycles. The number of carboxylic acids is 1. The maximum Gasteiger partial charge on any atom is 0.304 e. The highest BCUT2D eigenvalue weighted by Crippen LogP contribution is 2.25. The van der Waals surface area contributed by atoms with Gasteiger partial charge in [0.15, 0.2) is 0 Å². The van der Waals surface area contributed by atoms with E-state index in [9.17, 15) is 4.79 Å². The highest BCUT2D eigenvalue weighted by Gasteiger charge is 2.17. The Bertz CT molecular complexity index is 298. The van der Waals surface area contributed by atoms with Crippen LogP contribution in [-0.4, -0.2) is 22.6 Å². The molecule has 72 valence electrons. The maximum absolute atomic E-state index is 10.5. The average molecular weight is 200 g/mol. The van der Waals surface area contributed by atoms with Crippen LogP contribution in [0.4, 0.5) is 0 Å². The largest absolute Gasteiger partial charge is 0.481 e. The number of hydrogen-bond acceptors (Lipinski definition) is 4. The minimum Gasteiger partial charge on any atom is -0.481 e. The van der Waals surface area contributed by atoms with Gasteiger partial charge in [-0.1, -0.05) is 0 Å². The van der Waals surface area contributed by atoms with E-state index in [0.29, 0.717) is 6.54 Å². The first-order valence-electron chi connectivity index (χ1n) is 3.97. The predicted molar refractivity (Wildman–Crippen MR) is 50.9 cm³/mol. The lowest BCUT2D eigenvalue weighted by Gasteiger charge is -2.09. The SMILES string of the molecule is Cc1ncsc1C(CN)CC(=O)O. The molecule has 0 radical (unpaired) electrons. The molecular weight excluding hydrogens is 188 g/mol. The number of carbonyl (C=O) groups is 1. The standard InChI is InChI=1S/C8H12N2O2S/c1-5-8(13-4-10-5)6(3-9)2-7(11)12/h4,6H,2-3,9H2,1H3,(H,11,12). The van der Waals surface area contributed by atoms with E-state index in [-0.39, 0.29) is 12.3 Å². The van der Waals surface area contributed by atoms with Crippen LogP contribution in [0.25, 0.3) is 0 Å². The van der Waals surface area contributed by atoms with Crippen molar-refractivity contribution in [1.29, 1.82) is 0 Å². The van der Waals surface area contributed by atoms with Crippen molar-refractivity contribution in [3.05, 3.63) is 16.1 Å². The molecule has 1 heterocycles. The zero-order valence-corrected chi connectivity index (χ0v) is 8.17. The third-order valence-corrected chi connectivity index (χ3v) is 2.95. The van der Waals surface area contributed by atoms with Crippen molar-refractivity contribution in [2.75, 3.05) is 6.54 Å². The van der Waals surface area contributed by atoms with Crippen molar-refractivity contribution < 1.29 is 9.90 Å². The van der Waals surface area contributed by atoms with Crippen LogP contribution in [0.3, 0.4) is 0 Å². The van der Waals surface area contributed by atoms with E-state index in [0.717, 1.165) is 10.6 Å². The second kappa shape index (κ2) is 4.34. The number of rotatable bonds is 4. The molecule has 0 fully saturated rings. The van der Waals surface area contributed by atoms with Crippen LogP contribution in [0.1, 0.15) is 22.9 Å². The second-order valence-electron chi connectivity index (χ2n) is 2.83. The van der Waals surface area contributed by atoms with Crippen molar-refractivity contribution in [3.63, 3.8) is 0 Å². The van der Waals surface area contributed by atoms with Crippen LogP contribution in [0.15, 0.2) is 5.51 Å². The summed E-state index contributed by atoms with van der Waals surface area (Å²) in [6.45, 7) is 2.23. The summed E-state index contributed by atoms with van der Waals surface area (Å²) >= 11 is 1.47. The Morgan fingerprint density at radius 1 is 1.85 bits per heavy atom. The van der Waals surface area contributed by atoms with Crippen molar-refractivity contribution in [2.24, 2.45) is 5.73 Å². The van der Waals surface area contributed by atoms with E-state index < -0.39 is 5.97 Å². The van der Waals surface area contributed by atoms with Crippen molar-refractivity contribution >= 4 is 17.3 Å². The smallest absolute Gasteiger partial charge is 0.304 e. The van der Waals surface area contributed by atoms with Gasteiger partial charge in [0.25, 0.3) is 0 Å². The van der Waals surface area contributed by atoms with Crippen molar-refractivity contribution in [2.45, 2.75) is 19.3 Å². The normalized spacial score (nSPS) is 12.8. The quantitative estimate of drug-likeness (QED) is 0.759. The lowest BCUT2D eigenvalue weighted by molar-refractivity contribution is -0.137. The molecule has 0 spiro atoms. The minimum atomic E-state index is -0.816. The molecule has 0 aliphatic rings. The third-order valence-electron chi connectivity index (χ3n) is 1.86. The number of aromatic nitrogens is 1. The number of aliphatic carboxylic acids is 1. The summed E-state index contributed by atoms with van der Waals surface area (Å²) in [6, 6.07) is 0. The third kappa shape index (κ3) is 2.50. The molecule has 0 aromatic carbocycles. The van der Waals surface area contributed by atoms with Crippen LogP contribution in [0.5, 0.6) is 0 Å². The van der Waals surface area contributed by atoms with Crippen LogP contribution in [0.2, 0.25) is 0 Å². The van der Waals surface area contributed by atoms with E-state index in [4.69, 9.17) is 10.8 Å². The van der Waals surface area contributed by atoms with Gasteiger partial charge in [-0.05, 0) is 6.92 Å². The fourth-order valence-corrected chi connectivity index (χ4v) is 2.12. The summed E-state index contributed by atoms with van der Waals surface area (Å²) in [5, 5.41) is 8.63. The van der Waals surface area contributed by atoms with Gasteiger partial charge in [0, 0.05) is 17.3 Å². The first-order valence-corrected chi connectivity index (χ1v) is 4.85.